The van der Waals surface area contributed by atoms with Crippen LogP contribution in [0.3, 0.4) is 0 Å². The second-order valence-electron chi connectivity index (χ2n) is 10.8. The number of carbonyl (C=O) groups is 1. The summed E-state index contributed by atoms with van der Waals surface area (Å²) in [5.74, 6) is 2.68. The van der Waals surface area contributed by atoms with Gasteiger partial charge in [-0.05, 0) is 68.1 Å². The first-order valence-corrected chi connectivity index (χ1v) is 11.6. The standard InChI is InChI=1S/C24H37NO3/c1-23-7-5-18(26)14-17(23)3-4-19-20(23)6-8-24(2)21(19)13-16(22(24)27)15-25-9-11-28-12-10-25/h3,16,18-21,26H,4-15H2,1-2H3. The van der Waals surface area contributed by atoms with Crippen LogP contribution in [-0.2, 0) is 9.53 Å². The van der Waals surface area contributed by atoms with Crippen molar-refractivity contribution in [2.45, 2.75) is 64.9 Å². The van der Waals surface area contributed by atoms with E-state index >= 15 is 0 Å². The number of Topliss-reactive ketones (excluding diaryl/α,β-unsaturated/α-hetero) is 1. The highest BCUT2D eigenvalue weighted by atomic mass is 16.5. The summed E-state index contributed by atoms with van der Waals surface area (Å²) < 4.78 is 5.49. The average molecular weight is 388 g/mol. The number of carbonyl (C=O) groups excluding carboxylic acids is 1. The van der Waals surface area contributed by atoms with Gasteiger partial charge in [0.05, 0.1) is 19.3 Å². The minimum Gasteiger partial charge on any atom is -0.393 e. The molecule has 0 spiro atoms. The summed E-state index contributed by atoms with van der Waals surface area (Å²) in [6.45, 7) is 9.27. The van der Waals surface area contributed by atoms with Crippen molar-refractivity contribution in [1.29, 1.82) is 0 Å². The third kappa shape index (κ3) is 2.86. The second-order valence-corrected chi connectivity index (χ2v) is 10.8. The molecule has 0 aromatic rings. The molecule has 7 unspecified atom stereocenters. The maximum absolute atomic E-state index is 13.5. The molecule has 0 bridgehead atoms. The molecule has 156 valence electrons. The number of aliphatic hydroxyl groups is 1. The zero-order valence-electron chi connectivity index (χ0n) is 17.7. The zero-order valence-corrected chi connectivity index (χ0v) is 17.7. The van der Waals surface area contributed by atoms with E-state index in [0.717, 1.165) is 71.4 Å². The summed E-state index contributed by atoms with van der Waals surface area (Å²) in [4.78, 5) is 16.0. The van der Waals surface area contributed by atoms with Gasteiger partial charge in [-0.25, -0.2) is 0 Å². The van der Waals surface area contributed by atoms with Gasteiger partial charge in [0.2, 0.25) is 0 Å². The van der Waals surface area contributed by atoms with Crippen molar-refractivity contribution in [3.63, 3.8) is 0 Å². The number of ketones is 1. The predicted molar refractivity (Wildman–Crippen MR) is 109 cm³/mol. The van der Waals surface area contributed by atoms with Crippen LogP contribution in [0.25, 0.3) is 0 Å². The highest BCUT2D eigenvalue weighted by Gasteiger charge is 2.61. The van der Waals surface area contributed by atoms with Gasteiger partial charge >= 0.3 is 0 Å². The molecule has 1 aliphatic heterocycles. The van der Waals surface area contributed by atoms with Gasteiger partial charge in [0, 0.05) is 31.0 Å². The van der Waals surface area contributed by atoms with Gasteiger partial charge in [0.25, 0.3) is 0 Å². The average Bonchev–Trinajstić information content (AvgIpc) is 2.94. The molecule has 0 aromatic carbocycles. The molecule has 1 saturated heterocycles. The van der Waals surface area contributed by atoms with Crippen LogP contribution in [0.4, 0.5) is 0 Å². The van der Waals surface area contributed by atoms with Crippen molar-refractivity contribution in [3.05, 3.63) is 11.6 Å². The number of fused-ring (bicyclic) bond motifs is 5. The minimum absolute atomic E-state index is 0.103. The fraction of sp³-hybridized carbons (Fsp3) is 0.875. The normalized spacial score (nSPS) is 49.2. The fourth-order valence-electron chi connectivity index (χ4n) is 7.84. The van der Waals surface area contributed by atoms with Gasteiger partial charge in [-0.2, -0.15) is 0 Å². The Morgan fingerprint density at radius 2 is 1.89 bits per heavy atom. The monoisotopic (exact) mass is 387 g/mol. The van der Waals surface area contributed by atoms with Crippen molar-refractivity contribution >= 4 is 5.78 Å². The summed E-state index contributed by atoms with van der Waals surface area (Å²) in [6, 6.07) is 0. The molecule has 4 nitrogen and oxygen atoms in total. The Hall–Kier alpha value is -0.710. The Kier molecular flexibility index (Phi) is 4.76. The molecule has 0 aromatic heterocycles. The number of rotatable bonds is 2. The molecular formula is C24H37NO3. The molecule has 0 amide bonds. The summed E-state index contributed by atoms with van der Waals surface area (Å²) >= 11 is 0. The molecular weight excluding hydrogens is 350 g/mol. The van der Waals surface area contributed by atoms with Crippen LogP contribution in [0.5, 0.6) is 0 Å². The maximum Gasteiger partial charge on any atom is 0.143 e. The Morgan fingerprint density at radius 1 is 1.14 bits per heavy atom. The molecule has 4 fully saturated rings. The minimum atomic E-state index is -0.143. The first-order chi connectivity index (χ1) is 13.4. The quantitative estimate of drug-likeness (QED) is 0.738. The number of morpholine rings is 1. The number of hydrogen-bond donors (Lipinski definition) is 1. The van der Waals surface area contributed by atoms with E-state index in [4.69, 9.17) is 4.74 Å². The third-order valence-corrected chi connectivity index (χ3v) is 9.52. The molecule has 5 aliphatic rings. The first-order valence-electron chi connectivity index (χ1n) is 11.6. The van der Waals surface area contributed by atoms with Gasteiger partial charge in [-0.3, -0.25) is 9.69 Å². The Morgan fingerprint density at radius 3 is 2.68 bits per heavy atom. The van der Waals surface area contributed by atoms with Crippen LogP contribution in [-0.4, -0.2) is 54.7 Å². The van der Waals surface area contributed by atoms with Crippen LogP contribution in [0.2, 0.25) is 0 Å². The van der Waals surface area contributed by atoms with Crippen molar-refractivity contribution < 1.29 is 14.6 Å². The van der Waals surface area contributed by atoms with Crippen LogP contribution < -0.4 is 0 Å². The summed E-state index contributed by atoms with van der Waals surface area (Å²) in [6.07, 6.45) is 9.74. The van der Waals surface area contributed by atoms with E-state index in [0.29, 0.717) is 23.5 Å². The maximum atomic E-state index is 13.5. The summed E-state index contributed by atoms with van der Waals surface area (Å²) in [5, 5.41) is 10.2. The number of aliphatic hydroxyl groups excluding tert-OH is 1. The summed E-state index contributed by atoms with van der Waals surface area (Å²) in [7, 11) is 0. The zero-order chi connectivity index (χ0) is 19.5. The molecule has 7 atom stereocenters. The van der Waals surface area contributed by atoms with Crippen LogP contribution in [0, 0.1) is 34.5 Å². The lowest BCUT2D eigenvalue weighted by atomic mass is 9.48. The molecule has 28 heavy (non-hydrogen) atoms. The highest BCUT2D eigenvalue weighted by Crippen LogP contribution is 2.64. The number of ether oxygens (including phenoxy) is 1. The van der Waals surface area contributed by atoms with Crippen LogP contribution in [0.15, 0.2) is 11.6 Å². The number of hydrogen-bond acceptors (Lipinski definition) is 4. The van der Waals surface area contributed by atoms with Crippen LogP contribution >= 0.6 is 0 Å². The van der Waals surface area contributed by atoms with Gasteiger partial charge in [0.1, 0.15) is 5.78 Å². The lowest BCUT2D eigenvalue weighted by molar-refractivity contribution is -0.134. The first kappa shape index (κ1) is 19.3. The molecule has 0 radical (unpaired) electrons. The molecule has 4 heteroatoms. The fourth-order valence-corrected chi connectivity index (χ4v) is 7.84. The third-order valence-electron chi connectivity index (χ3n) is 9.52. The number of allylic oxidation sites excluding steroid dienone is 1. The molecule has 3 saturated carbocycles. The van der Waals surface area contributed by atoms with Crippen molar-refractivity contribution in [2.75, 3.05) is 32.8 Å². The predicted octanol–water partition coefficient (Wildman–Crippen LogP) is 3.44. The van der Waals surface area contributed by atoms with E-state index in [2.05, 4.69) is 24.8 Å². The van der Waals surface area contributed by atoms with E-state index < -0.39 is 0 Å². The largest absolute Gasteiger partial charge is 0.393 e. The Labute approximate surface area is 169 Å². The van der Waals surface area contributed by atoms with Crippen LogP contribution in [0.1, 0.15) is 58.8 Å². The smallest absolute Gasteiger partial charge is 0.143 e. The Balaban J connectivity index is 1.38. The lowest BCUT2D eigenvalue weighted by Crippen LogP contribution is -2.50. The van der Waals surface area contributed by atoms with E-state index in [9.17, 15) is 9.90 Å². The van der Waals surface area contributed by atoms with E-state index in [1.54, 1.807) is 0 Å². The van der Waals surface area contributed by atoms with Gasteiger partial charge < -0.3 is 9.84 Å². The van der Waals surface area contributed by atoms with Crippen molar-refractivity contribution in [3.8, 4) is 0 Å². The van der Waals surface area contributed by atoms with Gasteiger partial charge in [0.15, 0.2) is 0 Å². The number of nitrogens with zero attached hydrogens (tertiary/aromatic N) is 1. The van der Waals surface area contributed by atoms with E-state index in [1.165, 1.54) is 12.0 Å². The molecule has 5 rings (SSSR count). The highest BCUT2D eigenvalue weighted by molar-refractivity contribution is 5.89. The molecule has 4 aliphatic carbocycles. The van der Waals surface area contributed by atoms with E-state index in [-0.39, 0.29) is 22.9 Å². The van der Waals surface area contributed by atoms with Gasteiger partial charge in [-0.15, -0.1) is 0 Å². The van der Waals surface area contributed by atoms with Gasteiger partial charge in [-0.1, -0.05) is 25.5 Å². The van der Waals surface area contributed by atoms with E-state index in [1.807, 2.05) is 0 Å². The lowest BCUT2D eigenvalue weighted by Gasteiger charge is -2.56. The molecule has 1 heterocycles. The second kappa shape index (κ2) is 6.92. The topological polar surface area (TPSA) is 49.8 Å². The van der Waals surface area contributed by atoms with Crippen molar-refractivity contribution in [2.24, 2.45) is 34.5 Å². The Bertz CT molecular complexity index is 669. The molecule has 1 N–H and O–H groups in total. The summed E-state index contributed by atoms with van der Waals surface area (Å²) in [5.41, 5.74) is 1.67. The SMILES string of the molecule is CC12CCC3C(CC=C4CC(O)CCC43C)C1CC(CN1CCOCC1)C2=O. The van der Waals surface area contributed by atoms with Crippen molar-refractivity contribution in [1.82, 2.24) is 4.90 Å².